The Balaban J connectivity index is 1.58. The van der Waals surface area contributed by atoms with Crippen molar-refractivity contribution in [1.29, 1.82) is 0 Å². The minimum absolute atomic E-state index is 0.0122. The van der Waals surface area contributed by atoms with Crippen molar-refractivity contribution >= 4 is 57.3 Å². The fraction of sp³-hybridized carbons (Fsp3) is 0.452. The molecule has 4 nitrogen and oxygen atoms in total. The monoisotopic (exact) mass is 535 g/mol. The number of hydrogen-bond donors (Lipinski definition) is 0. The fourth-order valence-corrected chi connectivity index (χ4v) is 8.09. The van der Waals surface area contributed by atoms with Gasteiger partial charge >= 0.3 is 0 Å². The van der Waals surface area contributed by atoms with Gasteiger partial charge in [-0.3, -0.25) is 4.99 Å². The average molecular weight is 537 g/mol. The highest BCUT2D eigenvalue weighted by Crippen LogP contribution is 2.58. The van der Waals surface area contributed by atoms with E-state index in [1.54, 1.807) is 0 Å². The SMILES string of the molecule is CN1c2cc(Cl)cc(Cl)c2C(C)(C)C12C=Nc1c(cc(N3C(C)(C)CCCC3(C)C)c3ccccc13)O2. The lowest BCUT2D eigenvalue weighted by atomic mass is 9.77. The van der Waals surface area contributed by atoms with Crippen LogP contribution in [0, 0.1) is 0 Å². The van der Waals surface area contributed by atoms with Crippen LogP contribution >= 0.6 is 23.2 Å². The highest BCUT2D eigenvalue weighted by atomic mass is 35.5. The number of halogens is 2. The molecule has 6 rings (SSSR count). The van der Waals surface area contributed by atoms with E-state index in [4.69, 9.17) is 32.9 Å². The Hall–Kier alpha value is -2.43. The van der Waals surface area contributed by atoms with E-state index < -0.39 is 11.1 Å². The number of rotatable bonds is 1. The molecule has 0 N–H and O–H groups in total. The molecular weight excluding hydrogens is 501 g/mol. The van der Waals surface area contributed by atoms with Crippen LogP contribution in [-0.4, -0.2) is 30.1 Å². The third-order valence-corrected chi connectivity index (χ3v) is 9.55. The highest BCUT2D eigenvalue weighted by Gasteiger charge is 2.59. The van der Waals surface area contributed by atoms with E-state index in [0.717, 1.165) is 40.9 Å². The molecule has 1 spiro atoms. The lowest BCUT2D eigenvalue weighted by Gasteiger charge is -2.55. The van der Waals surface area contributed by atoms with E-state index in [0.29, 0.717) is 10.0 Å². The highest BCUT2D eigenvalue weighted by molar-refractivity contribution is 6.36. The van der Waals surface area contributed by atoms with Crippen LogP contribution in [0.15, 0.2) is 47.5 Å². The van der Waals surface area contributed by atoms with E-state index in [-0.39, 0.29) is 11.1 Å². The summed E-state index contributed by atoms with van der Waals surface area (Å²) in [6, 6.07) is 14.6. The average Bonchev–Trinajstić information content (AvgIpc) is 2.95. The largest absolute Gasteiger partial charge is 0.459 e. The standard InChI is InChI=1S/C31H35Cl2N3O/c1-28(2)13-10-14-29(3,4)36(28)23-17-25-27(21-12-9-8-11-20(21)23)34-18-31(37-25)30(5,6)26-22(33)15-19(32)16-24(26)35(31)7/h8-9,11-12,15-18H,10,13-14H2,1-7H3. The van der Waals surface area contributed by atoms with Gasteiger partial charge in [0, 0.05) is 61.9 Å². The van der Waals surface area contributed by atoms with Crippen LogP contribution in [0.5, 0.6) is 5.75 Å². The van der Waals surface area contributed by atoms with Gasteiger partial charge in [-0.15, -0.1) is 0 Å². The molecule has 6 heteroatoms. The summed E-state index contributed by atoms with van der Waals surface area (Å²) in [6.07, 6.45) is 5.48. The molecule has 3 aromatic carbocycles. The quantitative estimate of drug-likeness (QED) is 0.311. The Bertz CT molecular complexity index is 1460. The first kappa shape index (κ1) is 24.9. The summed E-state index contributed by atoms with van der Waals surface area (Å²) in [6.45, 7) is 13.8. The van der Waals surface area contributed by atoms with Crippen LogP contribution < -0.4 is 14.5 Å². The predicted molar refractivity (Wildman–Crippen MR) is 158 cm³/mol. The molecule has 3 aromatic rings. The first-order valence-corrected chi connectivity index (χ1v) is 13.9. The number of nitrogens with zero attached hydrogens (tertiary/aromatic N) is 3. The van der Waals surface area contributed by atoms with Gasteiger partial charge in [0.05, 0.1) is 11.6 Å². The van der Waals surface area contributed by atoms with Crippen molar-refractivity contribution < 1.29 is 4.74 Å². The van der Waals surface area contributed by atoms with Crippen molar-refractivity contribution in [2.24, 2.45) is 4.99 Å². The zero-order valence-electron chi connectivity index (χ0n) is 22.7. The summed E-state index contributed by atoms with van der Waals surface area (Å²) in [7, 11) is 2.04. The maximum Gasteiger partial charge on any atom is 0.228 e. The Morgan fingerprint density at radius 1 is 0.865 bits per heavy atom. The fourth-order valence-electron chi connectivity index (χ4n) is 7.37. The number of aliphatic imine (C=N–C) groups is 1. The molecule has 0 aliphatic carbocycles. The van der Waals surface area contributed by atoms with Gasteiger partial charge in [-0.25, -0.2) is 0 Å². The van der Waals surface area contributed by atoms with Gasteiger partial charge in [0.2, 0.25) is 5.72 Å². The van der Waals surface area contributed by atoms with Gasteiger partial charge in [0.1, 0.15) is 5.69 Å². The Kier molecular flexibility index (Phi) is 5.25. The Labute approximate surface area is 230 Å². The molecule has 1 unspecified atom stereocenters. The van der Waals surface area contributed by atoms with E-state index in [2.05, 4.69) is 81.7 Å². The molecule has 0 amide bonds. The van der Waals surface area contributed by atoms with Crippen molar-refractivity contribution in [3.05, 3.63) is 58.1 Å². The summed E-state index contributed by atoms with van der Waals surface area (Å²) >= 11 is 13.2. The molecule has 194 valence electrons. The van der Waals surface area contributed by atoms with Gasteiger partial charge in [-0.2, -0.15) is 0 Å². The van der Waals surface area contributed by atoms with Crippen LogP contribution in [0.3, 0.4) is 0 Å². The predicted octanol–water partition coefficient (Wildman–Crippen LogP) is 8.91. The van der Waals surface area contributed by atoms with Gasteiger partial charge in [0.25, 0.3) is 0 Å². The maximum atomic E-state index is 7.11. The molecule has 3 heterocycles. The zero-order valence-corrected chi connectivity index (χ0v) is 24.3. The second kappa shape index (κ2) is 7.80. The maximum absolute atomic E-state index is 7.11. The van der Waals surface area contributed by atoms with Crippen molar-refractivity contribution in [3.8, 4) is 5.75 Å². The number of piperidine rings is 1. The molecule has 3 aliphatic rings. The van der Waals surface area contributed by atoms with E-state index in [9.17, 15) is 0 Å². The number of anilines is 2. The second-order valence-corrected chi connectivity index (χ2v) is 13.5. The van der Waals surface area contributed by atoms with Crippen LogP contribution in [0.4, 0.5) is 17.1 Å². The van der Waals surface area contributed by atoms with Gasteiger partial charge < -0.3 is 14.5 Å². The van der Waals surface area contributed by atoms with Crippen molar-refractivity contribution in [1.82, 2.24) is 0 Å². The summed E-state index contributed by atoms with van der Waals surface area (Å²) in [4.78, 5) is 9.87. The second-order valence-electron chi connectivity index (χ2n) is 12.6. The first-order chi connectivity index (χ1) is 17.3. The minimum atomic E-state index is -0.844. The minimum Gasteiger partial charge on any atom is -0.459 e. The van der Waals surface area contributed by atoms with Gasteiger partial charge in [-0.05, 0) is 72.9 Å². The molecular formula is C31H35Cl2N3O. The molecule has 0 saturated carbocycles. The molecule has 3 aliphatic heterocycles. The van der Waals surface area contributed by atoms with E-state index >= 15 is 0 Å². The summed E-state index contributed by atoms with van der Waals surface area (Å²) in [5.74, 6) is 0.795. The lowest BCUT2D eigenvalue weighted by molar-refractivity contribution is 0.0826. The zero-order chi connectivity index (χ0) is 26.5. The van der Waals surface area contributed by atoms with E-state index in [1.807, 2.05) is 25.4 Å². The van der Waals surface area contributed by atoms with Crippen LogP contribution in [0.2, 0.25) is 10.0 Å². The Morgan fingerprint density at radius 2 is 1.51 bits per heavy atom. The number of fused-ring (bicyclic) bond motifs is 4. The molecule has 1 fully saturated rings. The Morgan fingerprint density at radius 3 is 2.19 bits per heavy atom. The van der Waals surface area contributed by atoms with Crippen LogP contribution in [-0.2, 0) is 5.41 Å². The summed E-state index contributed by atoms with van der Waals surface area (Å²) in [5.41, 5.74) is 2.78. The molecule has 1 saturated heterocycles. The molecule has 0 bridgehead atoms. The number of benzene rings is 3. The van der Waals surface area contributed by atoms with Gasteiger partial charge in [-0.1, -0.05) is 47.5 Å². The van der Waals surface area contributed by atoms with Crippen molar-refractivity contribution in [2.75, 3.05) is 16.8 Å². The summed E-state index contributed by atoms with van der Waals surface area (Å²) < 4.78 is 7.11. The first-order valence-electron chi connectivity index (χ1n) is 13.1. The smallest absolute Gasteiger partial charge is 0.228 e. The molecule has 0 aromatic heterocycles. The third kappa shape index (κ3) is 3.31. The molecule has 37 heavy (non-hydrogen) atoms. The van der Waals surface area contributed by atoms with Gasteiger partial charge in [0.15, 0.2) is 5.75 Å². The molecule has 1 atom stereocenters. The normalized spacial score (nSPS) is 24.8. The van der Waals surface area contributed by atoms with Crippen LogP contribution in [0.25, 0.3) is 10.8 Å². The lowest BCUT2D eigenvalue weighted by Crippen LogP contribution is -2.61. The van der Waals surface area contributed by atoms with Crippen molar-refractivity contribution in [2.45, 2.75) is 83.0 Å². The van der Waals surface area contributed by atoms with Crippen molar-refractivity contribution in [3.63, 3.8) is 0 Å². The third-order valence-electron chi connectivity index (χ3n) is 9.04. The summed E-state index contributed by atoms with van der Waals surface area (Å²) in [5, 5.41) is 3.57. The topological polar surface area (TPSA) is 28.1 Å². The number of likely N-dealkylation sites (N-methyl/N-ethyl adjacent to an activating group) is 1. The molecule has 0 radical (unpaired) electrons. The van der Waals surface area contributed by atoms with E-state index in [1.165, 1.54) is 17.5 Å². The van der Waals surface area contributed by atoms with Crippen LogP contribution in [0.1, 0.15) is 66.4 Å². The number of hydrogen-bond acceptors (Lipinski definition) is 4. The number of ether oxygens (including phenoxy) is 1.